The van der Waals surface area contributed by atoms with E-state index in [1.165, 1.54) is 5.56 Å². The molecule has 1 aromatic heterocycles. The van der Waals surface area contributed by atoms with Gasteiger partial charge in [0.2, 0.25) is 0 Å². The van der Waals surface area contributed by atoms with E-state index in [9.17, 15) is 4.79 Å². The Morgan fingerprint density at radius 2 is 2.00 bits per heavy atom. The molecule has 1 aromatic carbocycles. The summed E-state index contributed by atoms with van der Waals surface area (Å²) in [5, 5.41) is 10.1. The van der Waals surface area contributed by atoms with Gasteiger partial charge in [0.25, 0.3) is 5.91 Å². The average molecular weight is 258 g/mol. The van der Waals surface area contributed by atoms with E-state index in [1.54, 1.807) is 17.8 Å². The number of hydrogen-bond acceptors (Lipinski definition) is 3. The van der Waals surface area contributed by atoms with Crippen LogP contribution in [-0.2, 0) is 13.6 Å². The van der Waals surface area contributed by atoms with E-state index in [0.29, 0.717) is 5.69 Å². The monoisotopic (exact) mass is 258 g/mol. The van der Waals surface area contributed by atoms with Crippen LogP contribution in [0.4, 0.5) is 5.69 Å². The first kappa shape index (κ1) is 13.3. The third-order valence-electron chi connectivity index (χ3n) is 2.83. The van der Waals surface area contributed by atoms with Gasteiger partial charge in [-0.1, -0.05) is 12.1 Å². The quantitative estimate of drug-likeness (QED) is 0.877. The molecule has 0 radical (unpaired) electrons. The number of aryl methyl sites for hydroxylation is 2. The van der Waals surface area contributed by atoms with Gasteiger partial charge in [0, 0.05) is 19.3 Å². The summed E-state index contributed by atoms with van der Waals surface area (Å²) in [5.41, 5.74) is 3.34. The normalized spacial score (nSPS) is 10.5. The van der Waals surface area contributed by atoms with E-state index in [0.717, 1.165) is 17.9 Å². The van der Waals surface area contributed by atoms with Crippen LogP contribution in [0.25, 0.3) is 0 Å². The Bertz CT molecular complexity index is 572. The summed E-state index contributed by atoms with van der Waals surface area (Å²) in [6.45, 7) is 2.68. The Hall–Kier alpha value is -2.14. The summed E-state index contributed by atoms with van der Waals surface area (Å²) < 4.78 is 1.58. The number of anilines is 1. The third-order valence-corrected chi connectivity index (χ3v) is 2.83. The molecule has 0 spiro atoms. The lowest BCUT2D eigenvalue weighted by Crippen LogP contribution is -2.16. The second kappa shape index (κ2) is 5.67. The van der Waals surface area contributed by atoms with E-state index >= 15 is 0 Å². The molecule has 2 rings (SSSR count). The zero-order valence-electron chi connectivity index (χ0n) is 11.4. The van der Waals surface area contributed by atoms with Gasteiger partial charge in [0.1, 0.15) is 5.69 Å². The number of amides is 1. The van der Waals surface area contributed by atoms with Crippen molar-refractivity contribution in [1.29, 1.82) is 0 Å². The van der Waals surface area contributed by atoms with Crippen molar-refractivity contribution in [3.05, 3.63) is 47.3 Å². The number of aromatic nitrogens is 2. The molecule has 0 saturated heterocycles. The molecule has 0 fully saturated rings. The van der Waals surface area contributed by atoms with Gasteiger partial charge < -0.3 is 10.6 Å². The molecule has 0 unspecified atom stereocenters. The van der Waals surface area contributed by atoms with Gasteiger partial charge in [0.15, 0.2) is 0 Å². The molecule has 100 valence electrons. The smallest absolute Gasteiger partial charge is 0.273 e. The van der Waals surface area contributed by atoms with Crippen molar-refractivity contribution >= 4 is 11.6 Å². The highest BCUT2D eigenvalue weighted by Gasteiger charge is 2.11. The lowest BCUT2D eigenvalue weighted by Gasteiger charge is -2.06. The maximum atomic E-state index is 12.1. The van der Waals surface area contributed by atoms with Gasteiger partial charge in [-0.25, -0.2) is 0 Å². The van der Waals surface area contributed by atoms with Gasteiger partial charge >= 0.3 is 0 Å². The van der Waals surface area contributed by atoms with Crippen LogP contribution in [0.15, 0.2) is 30.3 Å². The number of carbonyl (C=O) groups excluding carboxylic acids is 1. The fourth-order valence-electron chi connectivity index (χ4n) is 1.93. The molecule has 0 saturated carbocycles. The fraction of sp³-hybridized carbons (Fsp3) is 0.286. The van der Waals surface area contributed by atoms with Gasteiger partial charge in [-0.15, -0.1) is 0 Å². The standard InChI is InChI=1S/C14H18N4O/c1-10-8-13(18(3)17-10)14(19)16-12-6-4-11(5-7-12)9-15-2/h4-8,15H,9H2,1-3H3,(H,16,19). The minimum absolute atomic E-state index is 0.149. The van der Waals surface area contributed by atoms with Crippen LogP contribution < -0.4 is 10.6 Å². The number of benzene rings is 1. The summed E-state index contributed by atoms with van der Waals surface area (Å²) in [6, 6.07) is 9.54. The maximum Gasteiger partial charge on any atom is 0.273 e. The lowest BCUT2D eigenvalue weighted by molar-refractivity contribution is 0.101. The molecule has 2 N–H and O–H groups in total. The molecule has 19 heavy (non-hydrogen) atoms. The Morgan fingerprint density at radius 1 is 1.32 bits per heavy atom. The predicted octanol–water partition coefficient (Wildman–Crippen LogP) is 1.70. The summed E-state index contributed by atoms with van der Waals surface area (Å²) in [5.74, 6) is -0.149. The van der Waals surface area contributed by atoms with Crippen molar-refractivity contribution in [1.82, 2.24) is 15.1 Å². The van der Waals surface area contributed by atoms with Crippen molar-refractivity contribution in [2.45, 2.75) is 13.5 Å². The van der Waals surface area contributed by atoms with Crippen molar-refractivity contribution in [3.8, 4) is 0 Å². The second-order valence-electron chi connectivity index (χ2n) is 4.48. The first-order chi connectivity index (χ1) is 9.10. The Balaban J connectivity index is 2.08. The average Bonchev–Trinajstić information content (AvgIpc) is 2.71. The molecule has 1 amide bonds. The Kier molecular flexibility index (Phi) is 3.97. The van der Waals surface area contributed by atoms with E-state index in [1.807, 2.05) is 38.2 Å². The van der Waals surface area contributed by atoms with Crippen LogP contribution in [-0.4, -0.2) is 22.7 Å². The molecular weight excluding hydrogens is 240 g/mol. The molecule has 2 aromatic rings. The fourth-order valence-corrected chi connectivity index (χ4v) is 1.93. The van der Waals surface area contributed by atoms with Crippen LogP contribution >= 0.6 is 0 Å². The maximum absolute atomic E-state index is 12.1. The minimum atomic E-state index is -0.149. The van der Waals surface area contributed by atoms with Gasteiger partial charge in [0.05, 0.1) is 5.69 Å². The summed E-state index contributed by atoms with van der Waals surface area (Å²) >= 11 is 0. The molecule has 0 aliphatic carbocycles. The Morgan fingerprint density at radius 3 is 2.53 bits per heavy atom. The third kappa shape index (κ3) is 3.20. The number of nitrogens with zero attached hydrogens (tertiary/aromatic N) is 2. The topological polar surface area (TPSA) is 58.9 Å². The summed E-state index contributed by atoms with van der Waals surface area (Å²) in [6.07, 6.45) is 0. The van der Waals surface area contributed by atoms with Crippen molar-refractivity contribution in [2.24, 2.45) is 7.05 Å². The minimum Gasteiger partial charge on any atom is -0.321 e. The molecule has 0 bridgehead atoms. The van der Waals surface area contributed by atoms with Gasteiger partial charge in [-0.05, 0) is 37.7 Å². The largest absolute Gasteiger partial charge is 0.321 e. The molecular formula is C14H18N4O. The molecule has 1 heterocycles. The van der Waals surface area contributed by atoms with Gasteiger partial charge in [-0.3, -0.25) is 9.48 Å². The first-order valence-electron chi connectivity index (χ1n) is 6.15. The highest BCUT2D eigenvalue weighted by molar-refractivity contribution is 6.03. The highest BCUT2D eigenvalue weighted by atomic mass is 16.2. The number of rotatable bonds is 4. The van der Waals surface area contributed by atoms with Crippen LogP contribution in [0.1, 0.15) is 21.7 Å². The van der Waals surface area contributed by atoms with E-state index in [2.05, 4.69) is 15.7 Å². The van der Waals surface area contributed by atoms with Crippen LogP contribution in [0.5, 0.6) is 0 Å². The lowest BCUT2D eigenvalue weighted by atomic mass is 10.2. The zero-order chi connectivity index (χ0) is 13.8. The van der Waals surface area contributed by atoms with Crippen LogP contribution in [0, 0.1) is 6.92 Å². The highest BCUT2D eigenvalue weighted by Crippen LogP contribution is 2.11. The van der Waals surface area contributed by atoms with E-state index in [4.69, 9.17) is 0 Å². The molecule has 5 heteroatoms. The van der Waals surface area contributed by atoms with E-state index < -0.39 is 0 Å². The van der Waals surface area contributed by atoms with Crippen molar-refractivity contribution in [3.63, 3.8) is 0 Å². The molecule has 0 aliphatic heterocycles. The van der Waals surface area contributed by atoms with Gasteiger partial charge in [-0.2, -0.15) is 5.10 Å². The first-order valence-corrected chi connectivity index (χ1v) is 6.15. The second-order valence-corrected chi connectivity index (χ2v) is 4.48. The van der Waals surface area contributed by atoms with Crippen molar-refractivity contribution in [2.75, 3.05) is 12.4 Å². The Labute approximate surface area is 112 Å². The molecule has 0 atom stereocenters. The van der Waals surface area contributed by atoms with Crippen LogP contribution in [0.2, 0.25) is 0 Å². The van der Waals surface area contributed by atoms with Crippen LogP contribution in [0.3, 0.4) is 0 Å². The zero-order valence-corrected chi connectivity index (χ0v) is 11.4. The SMILES string of the molecule is CNCc1ccc(NC(=O)c2cc(C)nn2C)cc1. The summed E-state index contributed by atoms with van der Waals surface area (Å²) in [4.78, 5) is 12.1. The summed E-state index contributed by atoms with van der Waals surface area (Å²) in [7, 11) is 3.67. The van der Waals surface area contributed by atoms with E-state index in [-0.39, 0.29) is 5.91 Å². The molecule has 5 nitrogen and oxygen atoms in total. The number of hydrogen-bond donors (Lipinski definition) is 2. The predicted molar refractivity (Wildman–Crippen MR) is 75.1 cm³/mol. The number of nitrogens with one attached hydrogen (secondary N) is 2. The van der Waals surface area contributed by atoms with Crippen molar-refractivity contribution < 1.29 is 4.79 Å². The molecule has 0 aliphatic rings. The number of carbonyl (C=O) groups is 1.